The van der Waals surface area contributed by atoms with E-state index in [0.29, 0.717) is 5.69 Å². The van der Waals surface area contributed by atoms with E-state index in [1.165, 1.54) is 7.11 Å². The van der Waals surface area contributed by atoms with E-state index in [0.717, 1.165) is 32.8 Å². The molecule has 168 valence electrons. The normalized spacial score (nSPS) is 12.3. The summed E-state index contributed by atoms with van der Waals surface area (Å²) in [5.74, 6) is -1.17. The number of nitrogens with zero attached hydrogens (tertiary/aromatic N) is 2. The molecule has 2 heterocycles. The molecule has 9 heteroatoms. The number of aromatic nitrogens is 3. The highest BCUT2D eigenvalue weighted by atomic mass is 16.5. The quantitative estimate of drug-likeness (QED) is 0.309. The number of methoxy groups -OCH3 is 1. The minimum absolute atomic E-state index is 0.212. The summed E-state index contributed by atoms with van der Waals surface area (Å²) in [5.41, 5.74) is 1.16. The van der Waals surface area contributed by atoms with Crippen molar-refractivity contribution in [2.45, 2.75) is 19.4 Å². The van der Waals surface area contributed by atoms with Gasteiger partial charge in [-0.05, 0) is 36.2 Å². The number of carbonyl (C=O) groups is 1. The summed E-state index contributed by atoms with van der Waals surface area (Å²) in [6.45, 7) is 1.84. The molecule has 4 rings (SSSR count). The number of aliphatic imine (C=N–C) groups is 1. The van der Waals surface area contributed by atoms with E-state index in [1.807, 2.05) is 37.3 Å². The van der Waals surface area contributed by atoms with Crippen molar-refractivity contribution >= 4 is 23.1 Å². The highest BCUT2D eigenvalue weighted by Gasteiger charge is 2.21. The Morgan fingerprint density at radius 3 is 2.76 bits per heavy atom. The van der Waals surface area contributed by atoms with E-state index >= 15 is 0 Å². The number of aromatic amines is 2. The van der Waals surface area contributed by atoms with Crippen LogP contribution in [-0.4, -0.2) is 45.0 Å². The summed E-state index contributed by atoms with van der Waals surface area (Å²) >= 11 is 0. The lowest BCUT2D eigenvalue weighted by Crippen LogP contribution is -2.31. The van der Waals surface area contributed by atoms with Gasteiger partial charge in [0.05, 0.1) is 12.8 Å². The van der Waals surface area contributed by atoms with Crippen molar-refractivity contribution in [3.05, 3.63) is 92.3 Å². The van der Waals surface area contributed by atoms with Crippen LogP contribution in [0.1, 0.15) is 16.7 Å². The number of hydrogen-bond acceptors (Lipinski definition) is 6. The minimum Gasteiger partial charge on any atom is -0.493 e. The summed E-state index contributed by atoms with van der Waals surface area (Å²) in [4.78, 5) is 46.8. The Hall–Kier alpha value is -4.40. The van der Waals surface area contributed by atoms with Gasteiger partial charge in [-0.1, -0.05) is 30.3 Å². The molecule has 0 saturated heterocycles. The van der Waals surface area contributed by atoms with Crippen molar-refractivity contribution in [3.63, 3.8) is 0 Å². The third-order valence-corrected chi connectivity index (χ3v) is 5.33. The fourth-order valence-corrected chi connectivity index (χ4v) is 3.67. The average Bonchev–Trinajstić information content (AvgIpc) is 3.20. The largest absolute Gasteiger partial charge is 0.493 e. The number of benzene rings is 2. The minimum atomic E-state index is -0.965. The van der Waals surface area contributed by atoms with E-state index in [2.05, 4.69) is 15.0 Å². The smallest absolute Gasteiger partial charge is 0.335 e. The van der Waals surface area contributed by atoms with Crippen LogP contribution in [0.5, 0.6) is 5.88 Å². The Morgan fingerprint density at radius 2 is 2.00 bits per heavy atom. The third kappa shape index (κ3) is 4.33. The molecule has 2 aromatic heterocycles. The van der Waals surface area contributed by atoms with Gasteiger partial charge < -0.3 is 14.8 Å². The molecule has 0 aliphatic rings. The van der Waals surface area contributed by atoms with Crippen LogP contribution in [0, 0.1) is 6.92 Å². The van der Waals surface area contributed by atoms with E-state index in [4.69, 9.17) is 4.74 Å². The zero-order chi connectivity index (χ0) is 23.5. The van der Waals surface area contributed by atoms with Gasteiger partial charge in [-0.25, -0.2) is 14.2 Å². The van der Waals surface area contributed by atoms with Crippen LogP contribution >= 0.6 is 0 Å². The van der Waals surface area contributed by atoms with Gasteiger partial charge in [0.2, 0.25) is 5.88 Å². The summed E-state index contributed by atoms with van der Waals surface area (Å²) in [5, 5.41) is 11.7. The van der Waals surface area contributed by atoms with E-state index in [-0.39, 0.29) is 12.0 Å². The molecule has 4 aromatic rings. The molecule has 0 saturated carbocycles. The fourth-order valence-electron chi connectivity index (χ4n) is 3.67. The van der Waals surface area contributed by atoms with Gasteiger partial charge in [0.25, 0.3) is 5.56 Å². The molecule has 0 spiro atoms. The third-order valence-electron chi connectivity index (χ3n) is 5.33. The van der Waals surface area contributed by atoms with Crippen LogP contribution in [0.4, 0.5) is 0 Å². The Morgan fingerprint density at radius 1 is 1.21 bits per heavy atom. The van der Waals surface area contributed by atoms with Crippen molar-refractivity contribution in [3.8, 4) is 11.6 Å². The summed E-state index contributed by atoms with van der Waals surface area (Å²) in [6.07, 6.45) is 3.10. The van der Waals surface area contributed by atoms with Crippen molar-refractivity contribution < 1.29 is 14.6 Å². The molecule has 0 unspecified atom stereocenters. The number of nitrogens with one attached hydrogen (secondary N) is 2. The van der Waals surface area contributed by atoms with Crippen LogP contribution in [0.15, 0.2) is 69.3 Å². The first-order chi connectivity index (χ1) is 15.9. The van der Waals surface area contributed by atoms with Crippen molar-refractivity contribution in [1.82, 2.24) is 14.5 Å². The van der Waals surface area contributed by atoms with Crippen LogP contribution < -0.4 is 11.2 Å². The average molecular weight is 446 g/mol. The predicted octanol–water partition coefficient (Wildman–Crippen LogP) is 2.22. The van der Waals surface area contributed by atoms with Crippen molar-refractivity contribution in [1.29, 1.82) is 0 Å². The standard InChI is InChI=1S/C24H22N4O5/c1-14-6-5-7-16(10-14)28-22(30)18(21(29)27-24(28)32)13-26-20(23(31)33-2)11-15-12-25-19-9-4-3-8-17(15)19/h3-10,12-13,20,25,30H,11H2,1-2H3,(H,27,29,32)/t20-/m1/s1. The second kappa shape index (κ2) is 8.99. The summed E-state index contributed by atoms with van der Waals surface area (Å²) in [6, 6.07) is 13.5. The number of rotatable bonds is 6. The first-order valence-corrected chi connectivity index (χ1v) is 10.2. The number of ether oxygens (including phenoxy) is 1. The van der Waals surface area contributed by atoms with E-state index in [1.54, 1.807) is 24.4 Å². The molecule has 2 aromatic carbocycles. The predicted molar refractivity (Wildman–Crippen MR) is 124 cm³/mol. The maximum Gasteiger partial charge on any atom is 0.335 e. The first-order valence-electron chi connectivity index (χ1n) is 10.2. The zero-order valence-corrected chi connectivity index (χ0v) is 18.0. The van der Waals surface area contributed by atoms with E-state index < -0.39 is 29.1 Å². The molecule has 0 amide bonds. The molecule has 0 radical (unpaired) electrons. The second-order valence-corrected chi connectivity index (χ2v) is 7.55. The SMILES string of the molecule is COC(=O)[C@@H](Cc1c[nH]c2ccccc12)N=Cc1c(O)n(-c2cccc(C)c2)c(=O)[nH]c1=O. The maximum absolute atomic E-state index is 12.4. The van der Waals surface area contributed by atoms with Gasteiger partial charge in [0, 0.05) is 29.7 Å². The Kier molecular flexibility index (Phi) is 5.95. The van der Waals surface area contributed by atoms with Gasteiger partial charge >= 0.3 is 11.7 Å². The Labute approximate surface area is 188 Å². The Bertz CT molecular complexity index is 1480. The van der Waals surface area contributed by atoms with Gasteiger partial charge in [0.1, 0.15) is 5.56 Å². The van der Waals surface area contributed by atoms with Crippen molar-refractivity contribution in [2.75, 3.05) is 7.11 Å². The number of hydrogen-bond donors (Lipinski definition) is 3. The number of aromatic hydroxyl groups is 1. The lowest BCUT2D eigenvalue weighted by atomic mass is 10.1. The molecule has 0 fully saturated rings. The Balaban J connectivity index is 1.73. The van der Waals surface area contributed by atoms with Crippen molar-refractivity contribution in [2.24, 2.45) is 4.99 Å². The highest BCUT2D eigenvalue weighted by molar-refractivity contribution is 5.87. The molecule has 1 atom stereocenters. The molecular formula is C24H22N4O5. The van der Waals surface area contributed by atoms with Crippen LogP contribution in [0.25, 0.3) is 16.6 Å². The molecule has 0 bridgehead atoms. The fraction of sp³-hybridized carbons (Fsp3) is 0.167. The topological polar surface area (TPSA) is 130 Å². The summed E-state index contributed by atoms with van der Waals surface area (Å²) in [7, 11) is 1.25. The molecule has 33 heavy (non-hydrogen) atoms. The number of H-pyrrole nitrogens is 2. The number of aryl methyl sites for hydroxylation is 1. The van der Waals surface area contributed by atoms with Gasteiger partial charge in [0.15, 0.2) is 6.04 Å². The summed E-state index contributed by atoms with van der Waals surface area (Å²) < 4.78 is 5.86. The first kappa shape index (κ1) is 21.8. The number of carbonyl (C=O) groups excluding carboxylic acids is 1. The van der Waals surface area contributed by atoms with Gasteiger partial charge in [-0.15, -0.1) is 0 Å². The number of para-hydroxylation sites is 1. The molecule has 3 N–H and O–H groups in total. The highest BCUT2D eigenvalue weighted by Crippen LogP contribution is 2.21. The van der Waals surface area contributed by atoms with Crippen LogP contribution in [0.3, 0.4) is 0 Å². The zero-order valence-electron chi connectivity index (χ0n) is 18.0. The second-order valence-electron chi connectivity index (χ2n) is 7.55. The molecule has 0 aliphatic heterocycles. The number of esters is 1. The maximum atomic E-state index is 12.4. The van der Waals surface area contributed by atoms with E-state index in [9.17, 15) is 19.5 Å². The van der Waals surface area contributed by atoms with Crippen LogP contribution in [-0.2, 0) is 16.0 Å². The molecular weight excluding hydrogens is 424 g/mol. The number of fused-ring (bicyclic) bond motifs is 1. The molecule has 9 nitrogen and oxygen atoms in total. The lowest BCUT2D eigenvalue weighted by molar-refractivity contribution is -0.142. The van der Waals surface area contributed by atoms with Gasteiger partial charge in [-0.3, -0.25) is 14.8 Å². The molecule has 0 aliphatic carbocycles. The monoisotopic (exact) mass is 446 g/mol. The van der Waals surface area contributed by atoms with Gasteiger partial charge in [-0.2, -0.15) is 0 Å². The lowest BCUT2D eigenvalue weighted by Gasteiger charge is -2.12. The van der Waals surface area contributed by atoms with Crippen LogP contribution in [0.2, 0.25) is 0 Å².